The monoisotopic (exact) mass is 360 g/mol. The minimum Gasteiger partial charge on any atom is -0.584 e. The molecule has 2 aromatic rings. The van der Waals surface area contributed by atoms with Gasteiger partial charge in [-0.15, -0.1) is 5.10 Å². The van der Waals surface area contributed by atoms with E-state index in [0.717, 1.165) is 17.6 Å². The topological polar surface area (TPSA) is 91.4 Å². The van der Waals surface area contributed by atoms with E-state index in [0.29, 0.717) is 17.5 Å². The van der Waals surface area contributed by atoms with E-state index in [-0.39, 0.29) is 5.03 Å². The highest BCUT2D eigenvalue weighted by Crippen LogP contribution is 2.30. The third-order valence-corrected chi connectivity index (χ3v) is 4.59. The normalized spacial score (nSPS) is 14.6. The van der Waals surface area contributed by atoms with Gasteiger partial charge in [-0.1, -0.05) is 6.08 Å². The van der Waals surface area contributed by atoms with Crippen LogP contribution in [0.15, 0.2) is 41.4 Å². The maximum absolute atomic E-state index is 11.7. The number of allylic oxidation sites excluding steroid dienone is 2. The number of nitrogens with zero attached hydrogens (tertiary/aromatic N) is 5. The molecule has 0 fully saturated rings. The number of rotatable bonds is 4. The average molecular weight is 360 g/mol. The lowest BCUT2D eigenvalue weighted by molar-refractivity contribution is 0.415. The van der Waals surface area contributed by atoms with Gasteiger partial charge in [-0.2, -0.15) is 4.68 Å². The van der Waals surface area contributed by atoms with Crippen molar-refractivity contribution in [2.45, 2.75) is 6.92 Å². The molecule has 132 valence electrons. The molecule has 1 aliphatic heterocycles. The minimum atomic E-state index is -3.38. The first-order valence-electron chi connectivity index (χ1n) is 7.45. The van der Waals surface area contributed by atoms with Crippen molar-refractivity contribution < 1.29 is 13.2 Å². The Kier molecular flexibility index (Phi) is 4.25. The summed E-state index contributed by atoms with van der Waals surface area (Å²) in [5, 5.41) is 5.89. The van der Waals surface area contributed by atoms with Crippen LogP contribution in [0.5, 0.6) is 5.75 Å². The van der Waals surface area contributed by atoms with E-state index < -0.39 is 9.84 Å². The van der Waals surface area contributed by atoms with Gasteiger partial charge in [0.1, 0.15) is 17.4 Å². The lowest BCUT2D eigenvalue weighted by atomic mass is 10.2. The molecule has 0 N–H and O–H groups in total. The molecule has 3 rings (SSSR count). The Morgan fingerprint density at radius 3 is 2.40 bits per heavy atom. The fourth-order valence-corrected chi connectivity index (χ4v) is 2.98. The first-order valence-corrected chi connectivity index (χ1v) is 9.34. The molecular weight excluding hydrogens is 342 g/mol. The summed E-state index contributed by atoms with van der Waals surface area (Å²) >= 11 is 0. The average Bonchev–Trinajstić information content (AvgIpc) is 2.95. The summed E-state index contributed by atoms with van der Waals surface area (Å²) in [5.41, 5.74) is 4.97. The molecule has 0 unspecified atom stereocenters. The van der Waals surface area contributed by atoms with Crippen LogP contribution >= 0.6 is 0 Å². The van der Waals surface area contributed by atoms with Gasteiger partial charge in [0.05, 0.1) is 7.11 Å². The lowest BCUT2D eigenvalue weighted by Crippen LogP contribution is -2.22. The predicted molar refractivity (Wildman–Crippen MR) is 95.1 cm³/mol. The number of methoxy groups -OCH3 is 1. The van der Waals surface area contributed by atoms with Crippen LogP contribution in [0, 0.1) is 6.92 Å². The largest absolute Gasteiger partial charge is 0.584 e. The van der Waals surface area contributed by atoms with Gasteiger partial charge < -0.3 is 15.2 Å². The molecule has 0 saturated carbocycles. The molecule has 0 bridgehead atoms. The third kappa shape index (κ3) is 3.36. The van der Waals surface area contributed by atoms with Gasteiger partial charge in [-0.25, -0.2) is 13.4 Å². The van der Waals surface area contributed by atoms with Crippen molar-refractivity contribution in [1.82, 2.24) is 19.8 Å². The summed E-state index contributed by atoms with van der Waals surface area (Å²) in [5.74, 6) is 2.57. The highest BCUT2D eigenvalue weighted by Gasteiger charge is 2.17. The van der Waals surface area contributed by atoms with E-state index in [4.69, 9.17) is 4.74 Å². The standard InChI is InChI=1S/C16H18N5O3S/c1-11-17-16(12-5-7-13(24-3)8-6-12)21(18-11)15-10-9-14(19-20(15)2)25(4,22)23/h5-10H,1-4H3/q-1. The Morgan fingerprint density at radius 2 is 1.84 bits per heavy atom. The first kappa shape index (κ1) is 17.0. The van der Waals surface area contributed by atoms with Crippen LogP contribution in [-0.2, 0) is 9.84 Å². The summed E-state index contributed by atoms with van der Waals surface area (Å²) in [4.78, 5) is 4.48. The van der Waals surface area contributed by atoms with Crippen LogP contribution in [0.25, 0.3) is 22.6 Å². The van der Waals surface area contributed by atoms with Gasteiger partial charge in [0.25, 0.3) is 0 Å². The first-order chi connectivity index (χ1) is 11.8. The van der Waals surface area contributed by atoms with E-state index >= 15 is 0 Å². The van der Waals surface area contributed by atoms with Crippen LogP contribution in [0.3, 0.4) is 0 Å². The second-order valence-electron chi connectivity index (χ2n) is 5.55. The minimum absolute atomic E-state index is 0.00147. The fraction of sp³-hybridized carbons (Fsp3) is 0.250. The molecule has 2 heterocycles. The molecule has 9 heteroatoms. The molecule has 8 nitrogen and oxygen atoms in total. The fourth-order valence-electron chi connectivity index (χ4n) is 2.39. The molecular formula is C16H18N5O3S-. The van der Waals surface area contributed by atoms with Crippen LogP contribution in [-0.4, -0.2) is 48.6 Å². The van der Waals surface area contributed by atoms with Gasteiger partial charge >= 0.3 is 0 Å². The molecule has 1 aliphatic rings. The molecule has 25 heavy (non-hydrogen) atoms. The molecule has 1 aromatic carbocycles. The van der Waals surface area contributed by atoms with Crippen molar-refractivity contribution in [3.63, 3.8) is 0 Å². The second kappa shape index (κ2) is 6.25. The van der Waals surface area contributed by atoms with E-state index in [2.05, 4.69) is 15.5 Å². The number of aromatic nitrogens is 3. The van der Waals surface area contributed by atoms with Gasteiger partial charge in [0.15, 0.2) is 15.7 Å². The van der Waals surface area contributed by atoms with Gasteiger partial charge in [0, 0.05) is 11.8 Å². The van der Waals surface area contributed by atoms with Gasteiger partial charge in [0.2, 0.25) is 0 Å². The van der Waals surface area contributed by atoms with Gasteiger partial charge in [-0.05, 0) is 49.3 Å². The van der Waals surface area contributed by atoms with E-state index in [9.17, 15) is 8.42 Å². The van der Waals surface area contributed by atoms with Gasteiger partial charge in [-0.3, -0.25) is 0 Å². The Hall–Kier alpha value is -2.81. The van der Waals surface area contributed by atoms with E-state index in [1.54, 1.807) is 31.8 Å². The zero-order chi connectivity index (χ0) is 18.2. The summed E-state index contributed by atoms with van der Waals surface area (Å²) in [6.45, 7) is 1.79. The Labute approximate surface area is 146 Å². The van der Waals surface area contributed by atoms with Crippen LogP contribution < -0.4 is 4.74 Å². The summed E-state index contributed by atoms with van der Waals surface area (Å²) in [7, 11) is -0.107. The van der Waals surface area contributed by atoms with E-state index in [1.165, 1.54) is 11.1 Å². The number of sulfone groups is 1. The zero-order valence-electron chi connectivity index (χ0n) is 14.3. The van der Waals surface area contributed by atoms with Crippen LogP contribution in [0.4, 0.5) is 0 Å². The van der Waals surface area contributed by atoms with E-state index in [1.807, 2.05) is 24.3 Å². The SMILES string of the molecule is COc1ccc(-c2nc(C)nn2C2=CC=C(S(C)(=O)=O)[N-]N2C)cc1. The molecule has 1 aromatic heterocycles. The summed E-state index contributed by atoms with van der Waals surface area (Å²) in [6.07, 6.45) is 4.24. The molecule has 0 atom stereocenters. The van der Waals surface area contributed by atoms with Crippen LogP contribution in [0.2, 0.25) is 0 Å². The number of benzene rings is 1. The Bertz CT molecular complexity index is 958. The number of hydrogen-bond donors (Lipinski definition) is 0. The number of aryl methyl sites for hydroxylation is 1. The Morgan fingerprint density at radius 1 is 1.16 bits per heavy atom. The highest BCUT2D eigenvalue weighted by atomic mass is 32.2. The van der Waals surface area contributed by atoms with Crippen molar-refractivity contribution in [2.75, 3.05) is 20.4 Å². The van der Waals surface area contributed by atoms with Crippen molar-refractivity contribution >= 4 is 15.7 Å². The zero-order valence-corrected chi connectivity index (χ0v) is 15.1. The Balaban J connectivity index is 2.06. The maximum Gasteiger partial charge on any atom is 0.165 e. The third-order valence-electron chi connectivity index (χ3n) is 3.61. The number of hydrogen-bond acceptors (Lipinski definition) is 6. The highest BCUT2D eigenvalue weighted by molar-refractivity contribution is 7.94. The molecule has 0 saturated heterocycles. The summed E-state index contributed by atoms with van der Waals surface area (Å²) < 4.78 is 30.1. The predicted octanol–water partition coefficient (Wildman–Crippen LogP) is 2.18. The van der Waals surface area contributed by atoms with Crippen molar-refractivity contribution in [2.24, 2.45) is 0 Å². The molecule has 0 amide bonds. The van der Waals surface area contributed by atoms with Crippen molar-refractivity contribution in [3.05, 3.63) is 52.7 Å². The molecule has 0 aliphatic carbocycles. The second-order valence-corrected chi connectivity index (χ2v) is 7.51. The summed E-state index contributed by atoms with van der Waals surface area (Å²) in [6, 6.07) is 7.46. The maximum atomic E-state index is 11.7. The lowest BCUT2D eigenvalue weighted by Gasteiger charge is -2.41. The quantitative estimate of drug-likeness (QED) is 0.830. The molecule has 0 spiro atoms. The van der Waals surface area contributed by atoms with Crippen molar-refractivity contribution in [1.29, 1.82) is 0 Å². The van der Waals surface area contributed by atoms with Crippen LogP contribution in [0.1, 0.15) is 5.82 Å². The smallest absolute Gasteiger partial charge is 0.165 e. The van der Waals surface area contributed by atoms with Crippen molar-refractivity contribution in [3.8, 4) is 17.1 Å². The number of ether oxygens (including phenoxy) is 1. The molecule has 0 radical (unpaired) electrons.